The van der Waals surface area contributed by atoms with Gasteiger partial charge in [-0.3, -0.25) is 4.79 Å². The van der Waals surface area contributed by atoms with E-state index in [1.807, 2.05) is 30.3 Å². The number of furan rings is 1. The standard InChI is InChI=1S/C46H46F3NO7/c1-41-18-15-32(51)25-43(41)21-22-45(35(26-43)39(52)36-8-5-23-55-36)37(41)16-19-42(2)38(45)17-20-44(42,54)28-50(27-29-9-12-33(13-10-29)57-46(47,48)49)40(53)56-34-14-11-30-6-3-4-7-31(30)24-34/h3-14,21-24,26,32,37-38,51,54H,15-20,25,27-28H2,1-2H3/t32?,37-,38-,41-,42+,43+,44-,45-/m1/s1. The summed E-state index contributed by atoms with van der Waals surface area (Å²) in [5, 5.41) is 25.9. The molecule has 1 amide bonds. The number of benzene rings is 3. The molecule has 2 bridgehead atoms. The van der Waals surface area contributed by atoms with Crippen molar-refractivity contribution < 1.29 is 46.9 Å². The van der Waals surface area contributed by atoms with Crippen LogP contribution < -0.4 is 9.47 Å². The van der Waals surface area contributed by atoms with Gasteiger partial charge >= 0.3 is 12.5 Å². The number of allylic oxidation sites excluding steroid dienone is 4. The minimum absolute atomic E-state index is 0.0551. The molecule has 1 heterocycles. The minimum atomic E-state index is -4.85. The van der Waals surface area contributed by atoms with Crippen LogP contribution in [0.15, 0.2) is 113 Å². The number of ether oxygens (including phenoxy) is 2. The van der Waals surface area contributed by atoms with Crippen molar-refractivity contribution in [3.63, 3.8) is 0 Å². The summed E-state index contributed by atoms with van der Waals surface area (Å²) in [5.74, 6) is -0.130. The number of nitrogens with zero attached hydrogens (tertiary/aromatic N) is 1. The van der Waals surface area contributed by atoms with E-state index >= 15 is 0 Å². The van der Waals surface area contributed by atoms with E-state index in [2.05, 4.69) is 36.8 Å². The predicted molar refractivity (Wildman–Crippen MR) is 205 cm³/mol. The molecule has 1 aromatic heterocycles. The fraction of sp³-hybridized carbons (Fsp3) is 0.435. The summed E-state index contributed by atoms with van der Waals surface area (Å²) >= 11 is 0. The molecule has 0 aliphatic heterocycles. The first-order valence-corrected chi connectivity index (χ1v) is 19.8. The Morgan fingerprint density at radius 1 is 0.860 bits per heavy atom. The molecule has 2 N–H and O–H groups in total. The van der Waals surface area contributed by atoms with E-state index in [9.17, 15) is 33.0 Å². The van der Waals surface area contributed by atoms with Crippen molar-refractivity contribution in [3.8, 4) is 11.5 Å². The van der Waals surface area contributed by atoms with Crippen molar-refractivity contribution in [3.05, 3.63) is 120 Å². The van der Waals surface area contributed by atoms with E-state index in [4.69, 9.17) is 9.15 Å². The van der Waals surface area contributed by atoms with E-state index < -0.39 is 40.4 Å². The maximum absolute atomic E-state index is 14.6. The highest BCUT2D eigenvalue weighted by Gasteiger charge is 2.74. The Morgan fingerprint density at radius 2 is 1.56 bits per heavy atom. The van der Waals surface area contributed by atoms with E-state index in [0.29, 0.717) is 49.0 Å². The maximum atomic E-state index is 14.6. The topological polar surface area (TPSA) is 109 Å². The Hall–Kier alpha value is -4.87. The van der Waals surface area contributed by atoms with Gasteiger partial charge in [0.15, 0.2) is 5.76 Å². The van der Waals surface area contributed by atoms with Crippen molar-refractivity contribution in [1.82, 2.24) is 4.90 Å². The van der Waals surface area contributed by atoms with Gasteiger partial charge in [0.25, 0.3) is 0 Å². The highest BCUT2D eigenvalue weighted by Crippen LogP contribution is 2.78. The molecule has 6 aliphatic rings. The van der Waals surface area contributed by atoms with Gasteiger partial charge in [0.2, 0.25) is 5.78 Å². The second kappa shape index (κ2) is 13.1. The molecule has 2 spiro atoms. The summed E-state index contributed by atoms with van der Waals surface area (Å²) in [7, 11) is 0. The molecule has 6 aliphatic carbocycles. The molecule has 3 saturated carbocycles. The molecule has 0 radical (unpaired) electrons. The zero-order valence-corrected chi connectivity index (χ0v) is 31.9. The molecule has 10 rings (SSSR count). The van der Waals surface area contributed by atoms with Crippen LogP contribution in [0.25, 0.3) is 10.8 Å². The number of Topliss-reactive ketones (excluding diaryl/α,β-unsaturated/α-hetero) is 1. The number of amides is 1. The summed E-state index contributed by atoms with van der Waals surface area (Å²) in [5.41, 5.74) is -2.48. The molecule has 4 aromatic rings. The first-order chi connectivity index (χ1) is 27.1. The highest BCUT2D eigenvalue weighted by molar-refractivity contribution is 6.08. The van der Waals surface area contributed by atoms with Crippen LogP contribution in [0.2, 0.25) is 0 Å². The second-order valence-corrected chi connectivity index (χ2v) is 17.5. The van der Waals surface area contributed by atoms with Crippen LogP contribution >= 0.6 is 0 Å². The highest BCUT2D eigenvalue weighted by atomic mass is 19.4. The molecule has 0 saturated heterocycles. The summed E-state index contributed by atoms with van der Waals surface area (Å²) < 4.78 is 54.6. The number of fused-ring (bicyclic) bond motifs is 2. The SMILES string of the molecule is C[C@]12CC[C@H]3[C@]4(C=C[C@@]5(C=C4C(=O)c4ccco4)CC(O)CC[C@]35C)[C@@H]1CC[C@@]2(O)CN(Cc1ccc(OC(F)(F)F)cc1)C(=O)Oc1ccc2ccccc2c1. The van der Waals surface area contributed by atoms with Crippen LogP contribution in [0.3, 0.4) is 0 Å². The molecular weight excluding hydrogens is 736 g/mol. The Morgan fingerprint density at radius 3 is 2.30 bits per heavy atom. The lowest BCUT2D eigenvalue weighted by Gasteiger charge is -2.71. The van der Waals surface area contributed by atoms with Crippen LogP contribution in [0.4, 0.5) is 18.0 Å². The monoisotopic (exact) mass is 781 g/mol. The van der Waals surface area contributed by atoms with Crippen LogP contribution in [-0.4, -0.2) is 51.6 Å². The number of halogens is 3. The third-order valence-electron chi connectivity index (χ3n) is 14.9. The van der Waals surface area contributed by atoms with Gasteiger partial charge in [-0.15, -0.1) is 13.2 Å². The van der Waals surface area contributed by atoms with Gasteiger partial charge in [-0.2, -0.15) is 0 Å². The minimum Gasteiger partial charge on any atom is -0.461 e. The summed E-state index contributed by atoms with van der Waals surface area (Å²) in [6.45, 7) is 4.22. The second-order valence-electron chi connectivity index (χ2n) is 17.5. The molecule has 3 aromatic carbocycles. The number of hydrogen-bond donors (Lipinski definition) is 2. The summed E-state index contributed by atoms with van der Waals surface area (Å²) in [6, 6.07) is 21.7. The van der Waals surface area contributed by atoms with Gasteiger partial charge < -0.3 is 29.0 Å². The first-order valence-electron chi connectivity index (χ1n) is 19.8. The third kappa shape index (κ3) is 5.86. The molecule has 57 heavy (non-hydrogen) atoms. The van der Waals surface area contributed by atoms with Gasteiger partial charge in [-0.05, 0) is 115 Å². The first kappa shape index (κ1) is 37.7. The molecule has 8 nitrogen and oxygen atoms in total. The van der Waals surface area contributed by atoms with E-state index in [0.717, 1.165) is 23.6 Å². The summed E-state index contributed by atoms with van der Waals surface area (Å²) in [4.78, 5) is 30.3. The lowest BCUT2D eigenvalue weighted by molar-refractivity contribution is -0.274. The Balaban J connectivity index is 1.08. The number of carbonyl (C=O) groups excluding carboxylic acids is 2. The predicted octanol–water partition coefficient (Wildman–Crippen LogP) is 9.81. The molecule has 11 heteroatoms. The number of ketones is 1. The largest absolute Gasteiger partial charge is 0.573 e. The zero-order valence-electron chi connectivity index (χ0n) is 31.9. The number of alkyl halides is 3. The summed E-state index contributed by atoms with van der Waals surface area (Å²) in [6.07, 6.45) is 6.32. The molecule has 1 unspecified atom stereocenters. The van der Waals surface area contributed by atoms with Crippen LogP contribution in [-0.2, 0) is 6.54 Å². The average molecular weight is 782 g/mol. The molecule has 8 atom stereocenters. The maximum Gasteiger partial charge on any atom is 0.573 e. The van der Waals surface area contributed by atoms with Gasteiger partial charge in [0.05, 0.1) is 24.5 Å². The van der Waals surface area contributed by atoms with Gasteiger partial charge in [0, 0.05) is 28.4 Å². The Labute approximate surface area is 328 Å². The lowest BCUT2D eigenvalue weighted by atomic mass is 9.32. The number of aliphatic hydroxyl groups is 2. The zero-order chi connectivity index (χ0) is 40.0. The van der Waals surface area contributed by atoms with Crippen molar-refractivity contribution in [1.29, 1.82) is 0 Å². The Bertz CT molecular complexity index is 2290. The van der Waals surface area contributed by atoms with Gasteiger partial charge in [0.1, 0.15) is 11.5 Å². The average Bonchev–Trinajstić information content (AvgIpc) is 3.81. The van der Waals surface area contributed by atoms with Crippen molar-refractivity contribution >= 4 is 22.6 Å². The Kier molecular flexibility index (Phi) is 8.65. The van der Waals surface area contributed by atoms with Gasteiger partial charge in [-0.25, -0.2) is 4.79 Å². The van der Waals surface area contributed by atoms with Crippen molar-refractivity contribution in [2.24, 2.45) is 33.5 Å². The number of carbonyl (C=O) groups is 2. The molecular formula is C46H46F3NO7. The number of hydrogen-bond acceptors (Lipinski definition) is 7. The van der Waals surface area contributed by atoms with Crippen LogP contribution in [0, 0.1) is 33.5 Å². The third-order valence-corrected chi connectivity index (χ3v) is 14.9. The molecule has 3 fully saturated rings. The van der Waals surface area contributed by atoms with E-state index in [1.165, 1.54) is 35.4 Å². The van der Waals surface area contributed by atoms with E-state index in [1.54, 1.807) is 24.3 Å². The fourth-order valence-electron chi connectivity index (χ4n) is 12.1. The lowest BCUT2D eigenvalue weighted by Crippen LogP contribution is -2.67. The molecule has 298 valence electrons. The van der Waals surface area contributed by atoms with Crippen LogP contribution in [0.5, 0.6) is 11.5 Å². The number of aliphatic hydroxyl groups excluding tert-OH is 1. The van der Waals surface area contributed by atoms with E-state index in [-0.39, 0.29) is 47.6 Å². The normalized spacial score (nSPS) is 33.9. The fourth-order valence-corrected chi connectivity index (χ4v) is 12.1. The van der Waals surface area contributed by atoms with Crippen molar-refractivity contribution in [2.45, 2.75) is 83.4 Å². The quantitative estimate of drug-likeness (QED) is 0.135. The number of rotatable bonds is 8. The van der Waals surface area contributed by atoms with Crippen molar-refractivity contribution in [2.75, 3.05) is 6.54 Å². The van der Waals surface area contributed by atoms with Gasteiger partial charge in [-0.1, -0.05) is 74.5 Å². The van der Waals surface area contributed by atoms with Crippen LogP contribution in [0.1, 0.15) is 74.9 Å². The smallest absolute Gasteiger partial charge is 0.461 e.